The van der Waals surface area contributed by atoms with Crippen LogP contribution in [0.15, 0.2) is 24.3 Å². The van der Waals surface area contributed by atoms with Crippen LogP contribution in [0.4, 0.5) is 5.69 Å². The highest BCUT2D eigenvalue weighted by Crippen LogP contribution is 2.11. The zero-order valence-corrected chi connectivity index (χ0v) is 14.8. The summed E-state index contributed by atoms with van der Waals surface area (Å²) in [6, 6.07) is 7.35. The van der Waals surface area contributed by atoms with Crippen LogP contribution in [-0.4, -0.2) is 61.1 Å². The van der Waals surface area contributed by atoms with Gasteiger partial charge in [-0.3, -0.25) is 4.79 Å². The molecule has 0 aromatic heterocycles. The van der Waals surface area contributed by atoms with Crippen LogP contribution in [0.5, 0.6) is 0 Å². The molecule has 0 unspecified atom stereocenters. The fourth-order valence-electron chi connectivity index (χ4n) is 2.64. The highest BCUT2D eigenvalue weighted by molar-refractivity contribution is 7.80. The van der Waals surface area contributed by atoms with E-state index in [4.69, 9.17) is 12.2 Å². The fourth-order valence-corrected chi connectivity index (χ4v) is 2.86. The summed E-state index contributed by atoms with van der Waals surface area (Å²) in [4.78, 5) is 15.9. The number of rotatable bonds is 6. The average Bonchev–Trinajstić information content (AvgIpc) is 3.05. The number of likely N-dealkylation sites (tertiary alicyclic amines) is 1. The lowest BCUT2D eigenvalue weighted by molar-refractivity contribution is 0.0827. The van der Waals surface area contributed by atoms with Crippen LogP contribution in [0.25, 0.3) is 0 Å². The largest absolute Gasteiger partial charge is 0.362 e. The quantitative estimate of drug-likeness (QED) is 0.617. The third kappa shape index (κ3) is 5.80. The van der Waals surface area contributed by atoms with E-state index in [9.17, 15) is 4.79 Å². The molecule has 6 heteroatoms. The molecule has 0 aliphatic carbocycles. The smallest absolute Gasteiger partial charge is 0.253 e. The van der Waals surface area contributed by atoms with Crippen LogP contribution in [0.2, 0.25) is 0 Å². The Hall–Kier alpha value is -1.66. The number of anilines is 1. The maximum absolute atomic E-state index is 11.8. The molecule has 0 saturated carbocycles. The molecule has 1 fully saturated rings. The van der Waals surface area contributed by atoms with E-state index in [-0.39, 0.29) is 5.91 Å². The minimum absolute atomic E-state index is 0.000774. The SMILES string of the molecule is CN(C)C(=O)c1ccc(NC(=S)NCCCN2CCCC2)cc1. The first kappa shape index (κ1) is 17.7. The number of nitrogens with one attached hydrogen (secondary N) is 2. The number of nitrogens with zero attached hydrogens (tertiary/aromatic N) is 2. The molecule has 126 valence electrons. The number of thiocarbonyl (C=S) groups is 1. The summed E-state index contributed by atoms with van der Waals surface area (Å²) in [5.41, 5.74) is 1.56. The van der Waals surface area contributed by atoms with Gasteiger partial charge >= 0.3 is 0 Å². The zero-order chi connectivity index (χ0) is 16.7. The van der Waals surface area contributed by atoms with Gasteiger partial charge in [0, 0.05) is 31.9 Å². The first-order valence-electron chi connectivity index (χ1n) is 8.15. The fraction of sp³-hybridized carbons (Fsp3) is 0.529. The topological polar surface area (TPSA) is 47.6 Å². The van der Waals surface area contributed by atoms with Gasteiger partial charge in [-0.05, 0) is 75.4 Å². The Labute approximate surface area is 144 Å². The van der Waals surface area contributed by atoms with Crippen molar-refractivity contribution < 1.29 is 4.79 Å². The van der Waals surface area contributed by atoms with Crippen molar-refractivity contribution in [1.82, 2.24) is 15.1 Å². The summed E-state index contributed by atoms with van der Waals surface area (Å²) in [5.74, 6) is -0.000774. The molecular weight excluding hydrogens is 308 g/mol. The van der Waals surface area contributed by atoms with Crippen molar-refractivity contribution in [1.29, 1.82) is 0 Å². The molecule has 1 aliphatic heterocycles. The third-order valence-corrected chi connectivity index (χ3v) is 4.18. The van der Waals surface area contributed by atoms with Crippen LogP contribution in [0.3, 0.4) is 0 Å². The van der Waals surface area contributed by atoms with Crippen molar-refractivity contribution in [2.45, 2.75) is 19.3 Å². The zero-order valence-electron chi connectivity index (χ0n) is 14.0. The molecule has 1 heterocycles. The minimum atomic E-state index is -0.000774. The Morgan fingerprint density at radius 2 is 1.87 bits per heavy atom. The van der Waals surface area contributed by atoms with Gasteiger partial charge in [0.05, 0.1) is 0 Å². The van der Waals surface area contributed by atoms with Gasteiger partial charge in [-0.15, -0.1) is 0 Å². The maximum Gasteiger partial charge on any atom is 0.253 e. The molecule has 2 rings (SSSR count). The van der Waals surface area contributed by atoms with Crippen LogP contribution in [0, 0.1) is 0 Å². The molecule has 0 radical (unpaired) electrons. The van der Waals surface area contributed by atoms with Crippen molar-refractivity contribution >= 4 is 28.9 Å². The van der Waals surface area contributed by atoms with Crippen molar-refractivity contribution in [3.63, 3.8) is 0 Å². The van der Waals surface area contributed by atoms with E-state index in [1.807, 2.05) is 12.1 Å². The van der Waals surface area contributed by atoms with E-state index in [2.05, 4.69) is 15.5 Å². The second-order valence-corrected chi connectivity index (χ2v) is 6.47. The predicted molar refractivity (Wildman–Crippen MR) is 99.0 cm³/mol. The van der Waals surface area contributed by atoms with Crippen LogP contribution in [-0.2, 0) is 0 Å². The van der Waals surface area contributed by atoms with Gasteiger partial charge in [0.15, 0.2) is 5.11 Å². The standard InChI is InChI=1S/C17H26N4OS/c1-20(2)16(22)14-6-8-15(9-7-14)19-17(23)18-10-5-13-21-11-3-4-12-21/h6-9H,3-5,10-13H2,1-2H3,(H2,18,19,23). The minimum Gasteiger partial charge on any atom is -0.362 e. The molecule has 0 atom stereocenters. The molecule has 1 saturated heterocycles. The highest BCUT2D eigenvalue weighted by atomic mass is 32.1. The van der Waals surface area contributed by atoms with Crippen molar-refractivity contribution in [2.24, 2.45) is 0 Å². The van der Waals surface area contributed by atoms with Gasteiger partial charge in [0.25, 0.3) is 5.91 Å². The number of amides is 1. The number of carbonyl (C=O) groups excluding carboxylic acids is 1. The molecular formula is C17H26N4OS. The van der Waals surface area contributed by atoms with Crippen LogP contribution < -0.4 is 10.6 Å². The normalized spacial score (nSPS) is 14.5. The van der Waals surface area contributed by atoms with E-state index < -0.39 is 0 Å². The van der Waals surface area contributed by atoms with Crippen LogP contribution >= 0.6 is 12.2 Å². The van der Waals surface area contributed by atoms with Gasteiger partial charge in [-0.25, -0.2) is 0 Å². The highest BCUT2D eigenvalue weighted by Gasteiger charge is 2.10. The van der Waals surface area contributed by atoms with E-state index in [1.165, 1.54) is 25.9 Å². The second-order valence-electron chi connectivity index (χ2n) is 6.06. The molecule has 5 nitrogen and oxygen atoms in total. The summed E-state index contributed by atoms with van der Waals surface area (Å²) in [6.45, 7) is 4.48. The van der Waals surface area contributed by atoms with Crippen molar-refractivity contribution in [2.75, 3.05) is 45.6 Å². The lowest BCUT2D eigenvalue weighted by Crippen LogP contribution is -2.31. The summed E-state index contributed by atoms with van der Waals surface area (Å²) in [6.07, 6.45) is 3.76. The lowest BCUT2D eigenvalue weighted by atomic mass is 10.2. The van der Waals surface area contributed by atoms with E-state index >= 15 is 0 Å². The molecule has 0 spiro atoms. The summed E-state index contributed by atoms with van der Waals surface area (Å²) in [7, 11) is 3.49. The Kier molecular flexibility index (Phi) is 6.80. The number of hydrogen-bond donors (Lipinski definition) is 2. The third-order valence-electron chi connectivity index (χ3n) is 3.93. The van der Waals surface area contributed by atoms with Gasteiger partial charge in [-0.2, -0.15) is 0 Å². The van der Waals surface area contributed by atoms with Gasteiger partial charge in [-0.1, -0.05) is 0 Å². The van der Waals surface area contributed by atoms with Gasteiger partial charge in [0.1, 0.15) is 0 Å². The molecule has 2 N–H and O–H groups in total. The number of carbonyl (C=O) groups is 1. The first-order valence-corrected chi connectivity index (χ1v) is 8.56. The molecule has 23 heavy (non-hydrogen) atoms. The Bertz CT molecular complexity index is 524. The number of hydrogen-bond acceptors (Lipinski definition) is 3. The summed E-state index contributed by atoms with van der Waals surface area (Å²) >= 11 is 5.30. The van der Waals surface area contributed by atoms with Gasteiger partial charge < -0.3 is 20.4 Å². The molecule has 0 bridgehead atoms. The summed E-state index contributed by atoms with van der Waals surface area (Å²) < 4.78 is 0. The Morgan fingerprint density at radius 3 is 2.48 bits per heavy atom. The second kappa shape index (κ2) is 8.84. The first-order chi connectivity index (χ1) is 11.1. The number of benzene rings is 1. The molecule has 1 aliphatic rings. The van der Waals surface area contributed by atoms with Crippen molar-refractivity contribution in [3.05, 3.63) is 29.8 Å². The predicted octanol–water partition coefficient (Wildman–Crippen LogP) is 2.16. The van der Waals surface area contributed by atoms with E-state index in [0.717, 1.165) is 25.2 Å². The van der Waals surface area contributed by atoms with Gasteiger partial charge in [0.2, 0.25) is 0 Å². The Balaban J connectivity index is 1.69. The van der Waals surface area contributed by atoms with Crippen LogP contribution in [0.1, 0.15) is 29.6 Å². The van der Waals surface area contributed by atoms with Crippen molar-refractivity contribution in [3.8, 4) is 0 Å². The van der Waals surface area contributed by atoms with E-state index in [1.54, 1.807) is 31.1 Å². The average molecular weight is 334 g/mol. The maximum atomic E-state index is 11.8. The van der Waals surface area contributed by atoms with E-state index in [0.29, 0.717) is 10.7 Å². The molecule has 1 aromatic carbocycles. The summed E-state index contributed by atoms with van der Waals surface area (Å²) in [5, 5.41) is 7.00. The molecule has 1 aromatic rings. The monoisotopic (exact) mass is 334 g/mol. The molecule has 1 amide bonds. The lowest BCUT2D eigenvalue weighted by Gasteiger charge is -2.15. The Morgan fingerprint density at radius 1 is 1.22 bits per heavy atom.